The average molecular weight is 265 g/mol. The van der Waals surface area contributed by atoms with E-state index in [4.69, 9.17) is 0 Å². The van der Waals surface area contributed by atoms with Crippen LogP contribution in [0.4, 0.5) is 0 Å². The van der Waals surface area contributed by atoms with E-state index in [0.717, 1.165) is 30.9 Å². The van der Waals surface area contributed by atoms with Crippen LogP contribution in [0.25, 0.3) is 0 Å². The van der Waals surface area contributed by atoms with Crippen LogP contribution in [0.1, 0.15) is 21.4 Å². The van der Waals surface area contributed by atoms with Crippen molar-refractivity contribution in [2.45, 2.75) is 19.1 Å². The molecule has 1 N–H and O–H groups in total. The summed E-state index contributed by atoms with van der Waals surface area (Å²) in [6.07, 6.45) is 0.791. The summed E-state index contributed by atoms with van der Waals surface area (Å²) in [5.41, 5.74) is 1.44. The SMILES string of the molecule is OC(CN1CCc2sccc2C1)c1cccs1. The van der Waals surface area contributed by atoms with Crippen LogP contribution >= 0.6 is 22.7 Å². The topological polar surface area (TPSA) is 23.5 Å². The minimum absolute atomic E-state index is 0.338. The van der Waals surface area contributed by atoms with Gasteiger partial charge in [0.05, 0.1) is 0 Å². The van der Waals surface area contributed by atoms with Crippen LogP contribution in [0.5, 0.6) is 0 Å². The second kappa shape index (κ2) is 4.90. The quantitative estimate of drug-likeness (QED) is 0.922. The van der Waals surface area contributed by atoms with Gasteiger partial charge in [-0.3, -0.25) is 4.90 Å². The summed E-state index contributed by atoms with van der Waals surface area (Å²) in [5.74, 6) is 0. The molecule has 0 fully saturated rings. The number of aliphatic hydroxyl groups excluding tert-OH is 1. The molecule has 0 aromatic carbocycles. The minimum atomic E-state index is -0.338. The second-order valence-electron chi connectivity index (χ2n) is 4.39. The maximum Gasteiger partial charge on any atom is 0.101 e. The number of aliphatic hydroxyl groups is 1. The molecule has 0 aliphatic carbocycles. The van der Waals surface area contributed by atoms with Crippen molar-refractivity contribution in [3.63, 3.8) is 0 Å². The van der Waals surface area contributed by atoms with Gasteiger partial charge < -0.3 is 5.11 Å². The van der Waals surface area contributed by atoms with Crippen molar-refractivity contribution >= 4 is 22.7 Å². The molecule has 90 valence electrons. The zero-order valence-corrected chi connectivity index (χ0v) is 11.1. The Morgan fingerprint density at radius 1 is 1.29 bits per heavy atom. The van der Waals surface area contributed by atoms with E-state index in [1.807, 2.05) is 28.8 Å². The van der Waals surface area contributed by atoms with E-state index < -0.39 is 0 Å². The highest BCUT2D eigenvalue weighted by molar-refractivity contribution is 7.10. The molecular weight excluding hydrogens is 250 g/mol. The van der Waals surface area contributed by atoms with E-state index in [2.05, 4.69) is 16.3 Å². The summed E-state index contributed by atoms with van der Waals surface area (Å²) in [6, 6.07) is 6.22. The Kier molecular flexibility index (Phi) is 3.29. The Morgan fingerprint density at radius 3 is 3.06 bits per heavy atom. The smallest absolute Gasteiger partial charge is 0.101 e. The number of thiophene rings is 2. The Morgan fingerprint density at radius 2 is 2.24 bits per heavy atom. The summed E-state index contributed by atoms with van der Waals surface area (Å²) in [7, 11) is 0. The Bertz CT molecular complexity index is 477. The predicted octanol–water partition coefficient (Wildman–Crippen LogP) is 2.90. The van der Waals surface area contributed by atoms with Gasteiger partial charge >= 0.3 is 0 Å². The van der Waals surface area contributed by atoms with E-state index in [1.54, 1.807) is 11.3 Å². The maximum absolute atomic E-state index is 10.1. The second-order valence-corrected chi connectivity index (χ2v) is 6.37. The summed E-state index contributed by atoms with van der Waals surface area (Å²) in [4.78, 5) is 4.94. The molecular formula is C13H15NOS2. The molecule has 2 aromatic rings. The number of hydrogen-bond donors (Lipinski definition) is 1. The Hall–Kier alpha value is -0.680. The molecule has 2 nitrogen and oxygen atoms in total. The highest BCUT2D eigenvalue weighted by Gasteiger charge is 2.20. The lowest BCUT2D eigenvalue weighted by atomic mass is 10.1. The van der Waals surface area contributed by atoms with Crippen molar-refractivity contribution in [2.24, 2.45) is 0 Å². The first-order chi connectivity index (χ1) is 8.33. The van der Waals surface area contributed by atoms with Gasteiger partial charge in [0, 0.05) is 29.4 Å². The molecule has 0 spiro atoms. The lowest BCUT2D eigenvalue weighted by Crippen LogP contribution is -2.33. The van der Waals surface area contributed by atoms with E-state index in [0.29, 0.717) is 0 Å². The van der Waals surface area contributed by atoms with E-state index in [-0.39, 0.29) is 6.10 Å². The first-order valence-corrected chi connectivity index (χ1v) is 7.58. The van der Waals surface area contributed by atoms with Crippen molar-refractivity contribution in [3.05, 3.63) is 44.3 Å². The maximum atomic E-state index is 10.1. The highest BCUT2D eigenvalue weighted by atomic mass is 32.1. The number of β-amino-alcohol motifs (C(OH)–C–C–N with tert-alkyl or cyclic N) is 1. The van der Waals surface area contributed by atoms with Crippen LogP contribution < -0.4 is 0 Å². The number of nitrogens with zero attached hydrogens (tertiary/aromatic N) is 1. The average Bonchev–Trinajstić information content (AvgIpc) is 2.99. The lowest BCUT2D eigenvalue weighted by molar-refractivity contribution is 0.109. The Labute approximate surface area is 109 Å². The number of hydrogen-bond acceptors (Lipinski definition) is 4. The molecule has 3 rings (SSSR count). The fraction of sp³-hybridized carbons (Fsp3) is 0.385. The molecule has 17 heavy (non-hydrogen) atoms. The van der Waals surface area contributed by atoms with Crippen LogP contribution in [0, 0.1) is 0 Å². The zero-order chi connectivity index (χ0) is 11.7. The molecule has 1 unspecified atom stereocenters. The van der Waals surface area contributed by atoms with Crippen LogP contribution in [0.2, 0.25) is 0 Å². The lowest BCUT2D eigenvalue weighted by Gasteiger charge is -2.28. The van der Waals surface area contributed by atoms with Gasteiger partial charge in [-0.05, 0) is 34.9 Å². The fourth-order valence-electron chi connectivity index (χ4n) is 2.28. The highest BCUT2D eigenvalue weighted by Crippen LogP contribution is 2.26. The van der Waals surface area contributed by atoms with Gasteiger partial charge in [-0.15, -0.1) is 22.7 Å². The molecule has 3 heterocycles. The number of rotatable bonds is 3. The van der Waals surface area contributed by atoms with E-state index in [1.165, 1.54) is 10.4 Å². The summed E-state index contributed by atoms with van der Waals surface area (Å²) >= 11 is 3.49. The molecule has 0 radical (unpaired) electrons. The normalized spacial score (nSPS) is 17.9. The van der Waals surface area contributed by atoms with Crippen molar-refractivity contribution in [1.29, 1.82) is 0 Å². The first-order valence-electron chi connectivity index (χ1n) is 5.82. The van der Waals surface area contributed by atoms with E-state index >= 15 is 0 Å². The standard InChI is InChI=1S/C13H15NOS2/c15-11(13-2-1-6-16-13)9-14-5-3-12-10(8-14)4-7-17-12/h1-2,4,6-7,11,15H,3,5,8-9H2. The molecule has 1 atom stereocenters. The van der Waals surface area contributed by atoms with Gasteiger partial charge in [-0.1, -0.05) is 6.07 Å². The van der Waals surface area contributed by atoms with Crippen molar-refractivity contribution in [3.8, 4) is 0 Å². The monoisotopic (exact) mass is 265 g/mol. The van der Waals surface area contributed by atoms with Crippen LogP contribution in [-0.2, 0) is 13.0 Å². The Balaban J connectivity index is 1.64. The summed E-state index contributed by atoms with van der Waals surface area (Å²) in [6.45, 7) is 2.80. The minimum Gasteiger partial charge on any atom is -0.386 e. The molecule has 1 aliphatic rings. The van der Waals surface area contributed by atoms with Gasteiger partial charge in [-0.25, -0.2) is 0 Å². The molecule has 0 bridgehead atoms. The molecule has 1 aliphatic heterocycles. The van der Waals surface area contributed by atoms with Gasteiger partial charge in [0.1, 0.15) is 6.10 Å². The summed E-state index contributed by atoms with van der Waals surface area (Å²) in [5, 5.41) is 14.3. The third-order valence-corrected chi connectivity index (χ3v) is 5.19. The molecule has 2 aromatic heterocycles. The first kappa shape index (κ1) is 11.4. The van der Waals surface area contributed by atoms with Gasteiger partial charge in [0.2, 0.25) is 0 Å². The molecule has 0 saturated heterocycles. The van der Waals surface area contributed by atoms with Gasteiger partial charge in [0.15, 0.2) is 0 Å². The third-order valence-electron chi connectivity index (χ3n) is 3.19. The third kappa shape index (κ3) is 2.45. The zero-order valence-electron chi connectivity index (χ0n) is 9.50. The van der Waals surface area contributed by atoms with Crippen molar-refractivity contribution in [1.82, 2.24) is 4.90 Å². The predicted molar refractivity (Wildman–Crippen MR) is 72.6 cm³/mol. The molecule has 0 saturated carbocycles. The van der Waals surface area contributed by atoms with Crippen LogP contribution in [0.15, 0.2) is 29.0 Å². The van der Waals surface area contributed by atoms with Crippen LogP contribution in [-0.4, -0.2) is 23.1 Å². The number of fused-ring (bicyclic) bond motifs is 1. The van der Waals surface area contributed by atoms with Gasteiger partial charge in [-0.2, -0.15) is 0 Å². The van der Waals surface area contributed by atoms with E-state index in [9.17, 15) is 5.11 Å². The van der Waals surface area contributed by atoms with Crippen molar-refractivity contribution < 1.29 is 5.11 Å². The molecule has 4 heteroatoms. The molecule has 0 amide bonds. The van der Waals surface area contributed by atoms with Crippen molar-refractivity contribution in [2.75, 3.05) is 13.1 Å². The van der Waals surface area contributed by atoms with Crippen LogP contribution in [0.3, 0.4) is 0 Å². The fourth-order valence-corrected chi connectivity index (χ4v) is 3.87. The van der Waals surface area contributed by atoms with Gasteiger partial charge in [0.25, 0.3) is 0 Å². The summed E-state index contributed by atoms with van der Waals surface area (Å²) < 4.78 is 0. The largest absolute Gasteiger partial charge is 0.386 e.